The van der Waals surface area contributed by atoms with Crippen LogP contribution in [0.5, 0.6) is 0 Å². The van der Waals surface area contributed by atoms with Gasteiger partial charge in [-0.3, -0.25) is 9.59 Å². The summed E-state index contributed by atoms with van der Waals surface area (Å²) in [7, 11) is 0. The highest BCUT2D eigenvalue weighted by Gasteiger charge is 2.28. The van der Waals surface area contributed by atoms with Crippen LogP contribution in [-0.2, 0) is 11.2 Å². The summed E-state index contributed by atoms with van der Waals surface area (Å²) in [5.41, 5.74) is 8.37. The molecule has 2 aliphatic heterocycles. The highest BCUT2D eigenvalue weighted by Crippen LogP contribution is 2.25. The Morgan fingerprint density at radius 1 is 1.45 bits per heavy atom. The predicted octanol–water partition coefficient (Wildman–Crippen LogP) is 0.990. The van der Waals surface area contributed by atoms with E-state index >= 15 is 0 Å². The number of anilines is 1. The summed E-state index contributed by atoms with van der Waals surface area (Å²) in [6.07, 6.45) is 1.34. The van der Waals surface area contributed by atoms with E-state index in [2.05, 4.69) is 12.2 Å². The van der Waals surface area contributed by atoms with Crippen molar-refractivity contribution < 1.29 is 9.59 Å². The SMILES string of the molecule is CC1CCN(C(=O)c2ccc3c(c2)NC(=O)C3)CC1N. The van der Waals surface area contributed by atoms with Crippen LogP contribution in [0.25, 0.3) is 0 Å². The van der Waals surface area contributed by atoms with Gasteiger partial charge in [0, 0.05) is 30.4 Å². The molecule has 1 saturated heterocycles. The fourth-order valence-corrected chi connectivity index (χ4v) is 2.81. The van der Waals surface area contributed by atoms with E-state index in [1.165, 1.54) is 0 Å². The van der Waals surface area contributed by atoms with Crippen LogP contribution in [0.4, 0.5) is 5.69 Å². The molecule has 2 aliphatic rings. The zero-order chi connectivity index (χ0) is 14.3. The molecule has 0 aliphatic carbocycles. The topological polar surface area (TPSA) is 75.4 Å². The minimum Gasteiger partial charge on any atom is -0.337 e. The summed E-state index contributed by atoms with van der Waals surface area (Å²) in [6, 6.07) is 5.46. The number of rotatable bonds is 1. The summed E-state index contributed by atoms with van der Waals surface area (Å²) < 4.78 is 0. The maximum Gasteiger partial charge on any atom is 0.253 e. The van der Waals surface area contributed by atoms with Gasteiger partial charge in [0.15, 0.2) is 0 Å². The molecule has 1 fully saturated rings. The Hall–Kier alpha value is -1.88. The zero-order valence-electron chi connectivity index (χ0n) is 11.6. The molecule has 1 aromatic rings. The van der Waals surface area contributed by atoms with Gasteiger partial charge in [0.1, 0.15) is 0 Å². The average molecular weight is 273 g/mol. The summed E-state index contributed by atoms with van der Waals surface area (Å²) in [4.78, 5) is 25.6. The third-order valence-corrected chi connectivity index (χ3v) is 4.29. The minimum absolute atomic E-state index is 0.00343. The van der Waals surface area contributed by atoms with Crippen molar-refractivity contribution in [1.29, 1.82) is 0 Å². The number of carbonyl (C=O) groups is 2. The molecular formula is C15H19N3O2. The van der Waals surface area contributed by atoms with E-state index < -0.39 is 0 Å². The molecule has 5 heteroatoms. The first-order valence-corrected chi connectivity index (χ1v) is 7.02. The van der Waals surface area contributed by atoms with E-state index in [4.69, 9.17) is 5.73 Å². The highest BCUT2D eigenvalue weighted by atomic mass is 16.2. The number of nitrogens with zero attached hydrogens (tertiary/aromatic N) is 1. The van der Waals surface area contributed by atoms with Crippen molar-refractivity contribution in [2.45, 2.75) is 25.8 Å². The maximum absolute atomic E-state index is 12.5. The van der Waals surface area contributed by atoms with Crippen LogP contribution in [0.1, 0.15) is 29.3 Å². The molecule has 2 amide bonds. The summed E-state index contributed by atoms with van der Waals surface area (Å²) >= 11 is 0. The lowest BCUT2D eigenvalue weighted by Gasteiger charge is -2.35. The van der Waals surface area contributed by atoms with Gasteiger partial charge in [-0.1, -0.05) is 13.0 Å². The summed E-state index contributed by atoms with van der Waals surface area (Å²) in [5.74, 6) is 0.438. The van der Waals surface area contributed by atoms with Gasteiger partial charge in [-0.15, -0.1) is 0 Å². The standard InChI is InChI=1S/C15H19N3O2/c1-9-4-5-18(8-12(9)16)15(20)11-3-2-10-7-14(19)17-13(10)6-11/h2-3,6,9,12H,4-5,7-8,16H2,1H3,(H,17,19). The van der Waals surface area contributed by atoms with Crippen LogP contribution in [0.2, 0.25) is 0 Å². The second-order valence-corrected chi connectivity index (χ2v) is 5.78. The number of nitrogens with one attached hydrogen (secondary N) is 1. The van der Waals surface area contributed by atoms with Gasteiger partial charge < -0.3 is 16.0 Å². The van der Waals surface area contributed by atoms with Crippen LogP contribution in [0, 0.1) is 5.92 Å². The first-order chi connectivity index (χ1) is 9.54. The second kappa shape index (κ2) is 4.90. The summed E-state index contributed by atoms with van der Waals surface area (Å²) in [6.45, 7) is 3.47. The van der Waals surface area contributed by atoms with Gasteiger partial charge >= 0.3 is 0 Å². The predicted molar refractivity (Wildman–Crippen MR) is 76.4 cm³/mol. The number of hydrogen-bond donors (Lipinski definition) is 2. The number of benzene rings is 1. The van der Waals surface area contributed by atoms with Crippen LogP contribution in [0.15, 0.2) is 18.2 Å². The van der Waals surface area contributed by atoms with Crippen LogP contribution < -0.4 is 11.1 Å². The van der Waals surface area contributed by atoms with Crippen molar-refractivity contribution >= 4 is 17.5 Å². The highest BCUT2D eigenvalue weighted by molar-refractivity contribution is 6.02. The minimum atomic E-state index is -0.0154. The quantitative estimate of drug-likeness (QED) is 0.801. The Morgan fingerprint density at radius 2 is 2.25 bits per heavy atom. The molecule has 3 rings (SSSR count). The van der Waals surface area contributed by atoms with Crippen molar-refractivity contribution in [1.82, 2.24) is 4.90 Å². The lowest BCUT2D eigenvalue weighted by Crippen LogP contribution is -2.49. The van der Waals surface area contributed by atoms with E-state index in [-0.39, 0.29) is 17.9 Å². The Morgan fingerprint density at radius 3 is 3.00 bits per heavy atom. The number of piperidine rings is 1. The molecule has 1 aromatic carbocycles. The normalized spacial score (nSPS) is 25.3. The van der Waals surface area contributed by atoms with E-state index in [1.54, 1.807) is 12.1 Å². The van der Waals surface area contributed by atoms with Crippen LogP contribution in [-0.4, -0.2) is 35.8 Å². The van der Waals surface area contributed by atoms with Gasteiger partial charge in [-0.2, -0.15) is 0 Å². The Balaban J connectivity index is 1.78. The van der Waals surface area contributed by atoms with Crippen molar-refractivity contribution in [2.24, 2.45) is 11.7 Å². The van der Waals surface area contributed by atoms with E-state index in [0.717, 1.165) is 24.2 Å². The van der Waals surface area contributed by atoms with Gasteiger partial charge in [-0.25, -0.2) is 0 Å². The molecule has 3 N–H and O–H groups in total. The zero-order valence-corrected chi connectivity index (χ0v) is 11.6. The monoisotopic (exact) mass is 273 g/mol. The van der Waals surface area contributed by atoms with Gasteiger partial charge in [0.05, 0.1) is 6.42 Å². The first kappa shape index (κ1) is 13.1. The van der Waals surface area contributed by atoms with E-state index in [1.807, 2.05) is 11.0 Å². The van der Waals surface area contributed by atoms with E-state index in [0.29, 0.717) is 24.4 Å². The number of hydrogen-bond acceptors (Lipinski definition) is 3. The lowest BCUT2D eigenvalue weighted by molar-refractivity contribution is -0.115. The summed E-state index contributed by atoms with van der Waals surface area (Å²) in [5, 5.41) is 2.78. The molecule has 0 aromatic heterocycles. The van der Waals surface area contributed by atoms with Crippen molar-refractivity contribution in [3.63, 3.8) is 0 Å². The van der Waals surface area contributed by atoms with E-state index in [9.17, 15) is 9.59 Å². The molecule has 2 atom stereocenters. The maximum atomic E-state index is 12.5. The first-order valence-electron chi connectivity index (χ1n) is 7.02. The fourth-order valence-electron chi connectivity index (χ4n) is 2.81. The number of nitrogens with two attached hydrogens (primary N) is 1. The molecule has 20 heavy (non-hydrogen) atoms. The number of fused-ring (bicyclic) bond motifs is 1. The molecule has 0 radical (unpaired) electrons. The second-order valence-electron chi connectivity index (χ2n) is 5.78. The smallest absolute Gasteiger partial charge is 0.253 e. The third kappa shape index (κ3) is 2.29. The van der Waals surface area contributed by atoms with Crippen molar-refractivity contribution in [3.8, 4) is 0 Å². The largest absolute Gasteiger partial charge is 0.337 e. The average Bonchev–Trinajstić information content (AvgIpc) is 2.80. The Labute approximate surface area is 118 Å². The number of likely N-dealkylation sites (tertiary alicyclic amines) is 1. The molecule has 0 spiro atoms. The van der Waals surface area contributed by atoms with Crippen molar-refractivity contribution in [3.05, 3.63) is 29.3 Å². The Kier molecular flexibility index (Phi) is 3.22. The van der Waals surface area contributed by atoms with Gasteiger partial charge in [0.25, 0.3) is 5.91 Å². The number of amides is 2. The van der Waals surface area contributed by atoms with Crippen molar-refractivity contribution in [2.75, 3.05) is 18.4 Å². The molecule has 5 nitrogen and oxygen atoms in total. The van der Waals surface area contributed by atoms with Crippen LogP contribution >= 0.6 is 0 Å². The van der Waals surface area contributed by atoms with Gasteiger partial charge in [-0.05, 0) is 30.0 Å². The lowest BCUT2D eigenvalue weighted by atomic mass is 9.94. The van der Waals surface area contributed by atoms with Gasteiger partial charge in [0.2, 0.25) is 5.91 Å². The molecule has 2 unspecified atom stereocenters. The molecule has 106 valence electrons. The third-order valence-electron chi connectivity index (χ3n) is 4.29. The molecule has 0 saturated carbocycles. The molecule has 2 heterocycles. The number of carbonyl (C=O) groups excluding carboxylic acids is 2. The molecular weight excluding hydrogens is 254 g/mol. The fraction of sp³-hybridized carbons (Fsp3) is 0.467. The van der Waals surface area contributed by atoms with Crippen LogP contribution in [0.3, 0.4) is 0 Å². The Bertz CT molecular complexity index is 570. The molecule has 0 bridgehead atoms.